The highest BCUT2D eigenvalue weighted by atomic mass is 35.5. The number of allylic oxidation sites excluding steroid dienone is 1. The van der Waals surface area contributed by atoms with Crippen LogP contribution in [0.5, 0.6) is 0 Å². The highest BCUT2D eigenvalue weighted by molar-refractivity contribution is 6.31. The van der Waals surface area contributed by atoms with Crippen LogP contribution in [0.15, 0.2) is 41.4 Å². The normalized spacial score (nSPS) is 12.0. The highest BCUT2D eigenvalue weighted by Gasteiger charge is 2.07. The Labute approximate surface area is 125 Å². The predicted molar refractivity (Wildman–Crippen MR) is 82.1 cm³/mol. The summed E-state index contributed by atoms with van der Waals surface area (Å²) >= 11 is 6.05. The minimum atomic E-state index is 0.517. The van der Waals surface area contributed by atoms with E-state index in [2.05, 4.69) is 25.4 Å². The first-order valence-corrected chi connectivity index (χ1v) is 6.75. The smallest absolute Gasteiger partial charge is 0.126 e. The summed E-state index contributed by atoms with van der Waals surface area (Å²) in [6, 6.07) is 5.59. The maximum Gasteiger partial charge on any atom is 0.126 e. The second kappa shape index (κ2) is 5.49. The van der Waals surface area contributed by atoms with Crippen molar-refractivity contribution in [2.75, 3.05) is 0 Å². The number of halogens is 1. The monoisotopic (exact) mass is 300 g/mol. The first-order valence-electron chi connectivity index (χ1n) is 6.38. The van der Waals surface area contributed by atoms with Crippen LogP contribution in [0.4, 0.5) is 0 Å². The van der Waals surface area contributed by atoms with E-state index in [9.17, 15) is 0 Å². The van der Waals surface area contributed by atoms with Crippen molar-refractivity contribution in [3.8, 4) is 0 Å². The van der Waals surface area contributed by atoms with Gasteiger partial charge in [-0.05, 0) is 25.1 Å². The molecule has 2 aromatic heterocycles. The van der Waals surface area contributed by atoms with Crippen LogP contribution in [0.2, 0.25) is 5.02 Å². The number of rotatable bonds is 4. The van der Waals surface area contributed by atoms with Crippen LogP contribution in [-0.4, -0.2) is 15.0 Å². The van der Waals surface area contributed by atoms with Gasteiger partial charge >= 0.3 is 0 Å². The summed E-state index contributed by atoms with van der Waals surface area (Å²) in [5, 5.41) is 7.98. The molecule has 2 heterocycles. The lowest BCUT2D eigenvalue weighted by Crippen LogP contribution is -2.06. The van der Waals surface area contributed by atoms with E-state index in [0.717, 1.165) is 27.8 Å². The van der Waals surface area contributed by atoms with Crippen molar-refractivity contribution in [1.29, 1.82) is 5.53 Å². The number of hydrogen-bond acceptors (Lipinski definition) is 5. The molecule has 0 radical (unpaired) electrons. The number of benzene rings is 1. The molecule has 0 aliphatic rings. The summed E-state index contributed by atoms with van der Waals surface area (Å²) in [5.74, 6) is 0.785. The molecule has 3 aromatic rings. The number of aromatic nitrogens is 3. The van der Waals surface area contributed by atoms with E-state index in [-0.39, 0.29) is 0 Å². The summed E-state index contributed by atoms with van der Waals surface area (Å²) in [6.45, 7) is 2.27. The first-order chi connectivity index (χ1) is 10.2. The minimum absolute atomic E-state index is 0.517. The number of aromatic amines is 1. The van der Waals surface area contributed by atoms with E-state index in [0.29, 0.717) is 17.3 Å². The topological polar surface area (TPSA) is 89.8 Å². The van der Waals surface area contributed by atoms with Crippen LogP contribution >= 0.6 is 11.6 Å². The fourth-order valence-electron chi connectivity index (χ4n) is 2.10. The molecule has 0 saturated carbocycles. The average Bonchev–Trinajstić information content (AvgIpc) is 2.90. The molecule has 0 aliphatic heterocycles. The van der Waals surface area contributed by atoms with Gasteiger partial charge in [-0.2, -0.15) is 5.11 Å². The van der Waals surface area contributed by atoms with Crippen LogP contribution in [0, 0.1) is 5.53 Å². The number of nitrogens with zero attached hydrogens (tertiary/aromatic N) is 3. The Bertz CT molecular complexity index is 851. The molecule has 0 aliphatic carbocycles. The first kappa shape index (κ1) is 13.5. The lowest BCUT2D eigenvalue weighted by molar-refractivity contribution is 0.804. The molecule has 106 valence electrons. The molecule has 0 fully saturated rings. The molecule has 0 atom stereocenters. The zero-order valence-corrected chi connectivity index (χ0v) is 12.1. The Kier molecular flexibility index (Phi) is 3.53. The summed E-state index contributed by atoms with van der Waals surface area (Å²) in [4.78, 5) is 12.1. The Morgan fingerprint density at radius 1 is 1.48 bits per heavy atom. The molecule has 0 bridgehead atoms. The second-order valence-corrected chi connectivity index (χ2v) is 5.08. The zero-order valence-electron chi connectivity index (χ0n) is 11.3. The minimum Gasteiger partial charge on any atom is -0.382 e. The summed E-state index contributed by atoms with van der Waals surface area (Å²) in [5.41, 5.74) is 10.1. The third-order valence-corrected chi connectivity index (χ3v) is 3.33. The molecule has 0 amide bonds. The molecule has 0 spiro atoms. The quantitative estimate of drug-likeness (QED) is 0.641. The van der Waals surface area contributed by atoms with Gasteiger partial charge in [-0.25, -0.2) is 10.5 Å². The number of pyridine rings is 1. The van der Waals surface area contributed by atoms with Gasteiger partial charge in [0.05, 0.1) is 29.5 Å². The number of hydrogen-bond donors (Lipinski definition) is 3. The third kappa shape index (κ3) is 2.71. The van der Waals surface area contributed by atoms with Crippen LogP contribution in [0.25, 0.3) is 21.9 Å². The van der Waals surface area contributed by atoms with E-state index < -0.39 is 0 Å². The van der Waals surface area contributed by atoms with Crippen molar-refractivity contribution in [2.45, 2.75) is 13.5 Å². The molecular weight excluding hydrogens is 288 g/mol. The third-order valence-electron chi connectivity index (χ3n) is 3.09. The summed E-state index contributed by atoms with van der Waals surface area (Å²) in [7, 11) is 0. The van der Waals surface area contributed by atoms with Crippen LogP contribution < -0.4 is 5.32 Å². The molecule has 0 unspecified atom stereocenters. The Morgan fingerprint density at radius 2 is 2.33 bits per heavy atom. The maximum atomic E-state index is 6.86. The number of fused-ring (bicyclic) bond motifs is 3. The lowest BCUT2D eigenvalue weighted by Gasteiger charge is -1.98. The van der Waals surface area contributed by atoms with E-state index in [1.165, 1.54) is 0 Å². The van der Waals surface area contributed by atoms with Crippen LogP contribution in [0.1, 0.15) is 12.7 Å². The molecule has 1 aromatic carbocycles. The van der Waals surface area contributed by atoms with Gasteiger partial charge in [-0.15, -0.1) is 0 Å². The highest BCUT2D eigenvalue weighted by Crippen LogP contribution is 2.24. The summed E-state index contributed by atoms with van der Waals surface area (Å²) in [6.07, 6.45) is 3.42. The maximum absolute atomic E-state index is 6.86. The fourth-order valence-corrected chi connectivity index (χ4v) is 2.27. The molecule has 21 heavy (non-hydrogen) atoms. The number of nitrogens with one attached hydrogen (secondary N) is 3. The van der Waals surface area contributed by atoms with Crippen molar-refractivity contribution in [3.63, 3.8) is 0 Å². The van der Waals surface area contributed by atoms with Crippen molar-refractivity contribution in [1.82, 2.24) is 20.3 Å². The van der Waals surface area contributed by atoms with Gasteiger partial charge in [0.25, 0.3) is 0 Å². The van der Waals surface area contributed by atoms with Crippen LogP contribution in [-0.2, 0) is 6.54 Å². The molecule has 6 nitrogen and oxygen atoms in total. The van der Waals surface area contributed by atoms with E-state index >= 15 is 0 Å². The number of imidazole rings is 1. The van der Waals surface area contributed by atoms with Crippen molar-refractivity contribution in [2.24, 2.45) is 5.11 Å². The van der Waals surface area contributed by atoms with E-state index in [1.807, 2.05) is 18.2 Å². The molecular formula is C14H13ClN6. The van der Waals surface area contributed by atoms with Gasteiger partial charge in [-0.3, -0.25) is 4.98 Å². The molecule has 7 heteroatoms. The van der Waals surface area contributed by atoms with Gasteiger partial charge in [0.15, 0.2) is 0 Å². The van der Waals surface area contributed by atoms with Gasteiger partial charge < -0.3 is 10.3 Å². The summed E-state index contributed by atoms with van der Waals surface area (Å²) < 4.78 is 0. The molecule has 3 rings (SSSR count). The number of H-pyrrole nitrogens is 1. The van der Waals surface area contributed by atoms with Gasteiger partial charge in [0.2, 0.25) is 0 Å². The van der Waals surface area contributed by atoms with E-state index in [4.69, 9.17) is 17.1 Å². The van der Waals surface area contributed by atoms with Gasteiger partial charge in [0.1, 0.15) is 11.3 Å². The lowest BCUT2D eigenvalue weighted by atomic mass is 10.2. The second-order valence-electron chi connectivity index (χ2n) is 4.64. The largest absolute Gasteiger partial charge is 0.382 e. The Balaban J connectivity index is 1.98. The van der Waals surface area contributed by atoms with Crippen LogP contribution in [0.3, 0.4) is 0 Å². The SMILES string of the molecule is C/C(=C/NCc1nc2cnc3ccc(Cl)cc3c2[nH]1)N=N. The van der Waals surface area contributed by atoms with E-state index in [1.54, 1.807) is 19.3 Å². The Morgan fingerprint density at radius 3 is 3.14 bits per heavy atom. The Hall–Kier alpha value is -2.47. The zero-order chi connectivity index (χ0) is 14.8. The average molecular weight is 301 g/mol. The standard InChI is InChI=1S/C14H13ClN6/c1-8(21-16)5-17-7-13-19-12-6-18-11-3-2-9(15)4-10(11)14(12)20-13/h2-6,16-17H,7H2,1H3,(H,19,20)/b8-5-,21-16?. The van der Waals surface area contributed by atoms with Gasteiger partial charge in [0, 0.05) is 16.6 Å². The van der Waals surface area contributed by atoms with Crippen molar-refractivity contribution < 1.29 is 0 Å². The fraction of sp³-hybridized carbons (Fsp3) is 0.143. The molecule has 0 saturated heterocycles. The van der Waals surface area contributed by atoms with Crippen molar-refractivity contribution in [3.05, 3.63) is 47.1 Å². The van der Waals surface area contributed by atoms with Gasteiger partial charge in [-0.1, -0.05) is 11.6 Å². The predicted octanol–water partition coefficient (Wildman–Crippen LogP) is 3.75. The van der Waals surface area contributed by atoms with Crippen molar-refractivity contribution >= 4 is 33.5 Å². The molecule has 3 N–H and O–H groups in total.